The molecule has 6 nitrogen and oxygen atoms in total. The minimum absolute atomic E-state index is 0.0223. The molecule has 2 aliphatic heterocycles. The monoisotopic (exact) mass is 399 g/mol. The van der Waals surface area contributed by atoms with Crippen LogP contribution in [0.4, 0.5) is 5.69 Å². The van der Waals surface area contributed by atoms with Crippen LogP contribution in [0.15, 0.2) is 71.8 Å². The number of nitro benzene ring substituents is 1. The zero-order chi connectivity index (χ0) is 20.8. The van der Waals surface area contributed by atoms with E-state index in [4.69, 9.17) is 9.84 Å². The number of nitrogens with zero attached hydrogens (tertiary/aromatic N) is 3. The molecular weight excluding hydrogens is 378 g/mol. The third-order valence-electron chi connectivity index (χ3n) is 5.77. The Morgan fingerprint density at radius 2 is 1.90 bits per heavy atom. The van der Waals surface area contributed by atoms with Crippen LogP contribution in [0, 0.1) is 24.0 Å². The van der Waals surface area contributed by atoms with Gasteiger partial charge in [-0.2, -0.15) is 5.10 Å². The summed E-state index contributed by atoms with van der Waals surface area (Å²) in [6.07, 6.45) is 0.239. The van der Waals surface area contributed by atoms with Gasteiger partial charge in [-0.3, -0.25) is 10.1 Å². The fraction of sp³-hybridized carbons (Fsp3) is 0.208. The van der Waals surface area contributed by atoms with Crippen molar-refractivity contribution in [2.75, 3.05) is 0 Å². The Kier molecular flexibility index (Phi) is 4.28. The number of aryl methyl sites for hydroxylation is 2. The zero-order valence-corrected chi connectivity index (χ0v) is 16.8. The molecule has 0 bridgehead atoms. The Morgan fingerprint density at radius 3 is 2.73 bits per heavy atom. The van der Waals surface area contributed by atoms with E-state index in [0.717, 1.165) is 34.6 Å². The van der Waals surface area contributed by atoms with E-state index < -0.39 is 6.23 Å². The molecule has 2 aliphatic rings. The molecule has 0 aromatic heterocycles. The number of hydrazone groups is 1. The number of non-ortho nitro benzene ring substituents is 1. The minimum atomic E-state index is -0.521. The number of nitro groups is 1. The second-order valence-electron chi connectivity index (χ2n) is 7.83. The molecular formula is C24H21N3O3. The van der Waals surface area contributed by atoms with Crippen LogP contribution in [0.3, 0.4) is 0 Å². The molecule has 0 spiro atoms. The molecule has 2 heterocycles. The first-order valence-electron chi connectivity index (χ1n) is 9.94. The molecule has 6 heteroatoms. The standard InChI is InChI=1S/C24H21N3O3/c1-15-10-11-16(2)20(12-15)21-14-22-19-8-3-4-9-23(19)30-24(26(22)25-21)17-6-5-7-18(13-17)27(28)29/h3-13,22,24H,14H2,1-2H3/t22-,24-/m1/s1. The lowest BCUT2D eigenvalue weighted by Gasteiger charge is -2.38. The van der Waals surface area contributed by atoms with Crippen LogP contribution in [-0.4, -0.2) is 15.6 Å². The Hall–Kier alpha value is -3.67. The summed E-state index contributed by atoms with van der Waals surface area (Å²) < 4.78 is 6.30. The Morgan fingerprint density at radius 1 is 1.07 bits per heavy atom. The SMILES string of the molecule is Cc1ccc(C)c(C2=NN3[C@H](C2)c2ccccc2O[C@@H]3c2cccc([N+](=O)[O-])c2)c1. The van der Waals surface area contributed by atoms with Crippen LogP contribution in [0.25, 0.3) is 0 Å². The van der Waals surface area contributed by atoms with Crippen molar-refractivity contribution in [2.24, 2.45) is 5.10 Å². The molecule has 0 saturated carbocycles. The van der Waals surface area contributed by atoms with Crippen molar-refractivity contribution in [3.8, 4) is 5.75 Å². The van der Waals surface area contributed by atoms with E-state index in [1.165, 1.54) is 17.2 Å². The number of hydrogen-bond acceptors (Lipinski definition) is 5. The van der Waals surface area contributed by atoms with Crippen LogP contribution in [-0.2, 0) is 0 Å². The summed E-state index contributed by atoms with van der Waals surface area (Å²) in [5.74, 6) is 0.799. The largest absolute Gasteiger partial charge is 0.464 e. The second kappa shape index (κ2) is 6.99. The van der Waals surface area contributed by atoms with Crippen LogP contribution in [0.1, 0.15) is 46.5 Å². The first-order chi connectivity index (χ1) is 14.5. The summed E-state index contributed by atoms with van der Waals surface area (Å²) >= 11 is 0. The van der Waals surface area contributed by atoms with E-state index in [1.807, 2.05) is 29.3 Å². The fourth-order valence-corrected chi connectivity index (χ4v) is 4.26. The molecule has 3 aromatic carbocycles. The summed E-state index contributed by atoms with van der Waals surface area (Å²) in [5, 5.41) is 18.2. The quantitative estimate of drug-likeness (QED) is 0.434. The first-order valence-corrected chi connectivity index (χ1v) is 9.94. The van der Waals surface area contributed by atoms with E-state index >= 15 is 0 Å². The topological polar surface area (TPSA) is 68.0 Å². The molecule has 0 fully saturated rings. The smallest absolute Gasteiger partial charge is 0.269 e. The molecule has 5 rings (SSSR count). The van der Waals surface area contributed by atoms with Gasteiger partial charge in [0.2, 0.25) is 6.23 Å². The van der Waals surface area contributed by atoms with Crippen LogP contribution in [0.5, 0.6) is 5.75 Å². The van der Waals surface area contributed by atoms with Gasteiger partial charge in [-0.25, -0.2) is 5.01 Å². The summed E-state index contributed by atoms with van der Waals surface area (Å²) in [6, 6.07) is 21.0. The Labute approximate surface area is 174 Å². The highest BCUT2D eigenvalue weighted by atomic mass is 16.6. The third-order valence-corrected chi connectivity index (χ3v) is 5.77. The summed E-state index contributed by atoms with van der Waals surface area (Å²) in [7, 11) is 0. The van der Waals surface area contributed by atoms with Gasteiger partial charge in [-0.05, 0) is 31.5 Å². The van der Waals surface area contributed by atoms with Gasteiger partial charge in [0.05, 0.1) is 16.7 Å². The van der Waals surface area contributed by atoms with Gasteiger partial charge in [0.1, 0.15) is 5.75 Å². The first kappa shape index (κ1) is 18.4. The van der Waals surface area contributed by atoms with Crippen molar-refractivity contribution in [3.05, 3.63) is 105 Å². The molecule has 0 radical (unpaired) electrons. The summed E-state index contributed by atoms with van der Waals surface area (Å²) in [5.41, 5.74) is 6.37. The molecule has 0 amide bonds. The highest BCUT2D eigenvalue weighted by Crippen LogP contribution is 2.47. The lowest BCUT2D eigenvalue weighted by molar-refractivity contribution is -0.385. The van der Waals surface area contributed by atoms with E-state index in [1.54, 1.807) is 12.1 Å². The van der Waals surface area contributed by atoms with Gasteiger partial charge in [-0.1, -0.05) is 48.0 Å². The van der Waals surface area contributed by atoms with Gasteiger partial charge < -0.3 is 4.74 Å². The number of hydrogen-bond donors (Lipinski definition) is 0. The van der Waals surface area contributed by atoms with Crippen molar-refractivity contribution in [2.45, 2.75) is 32.5 Å². The third kappa shape index (κ3) is 3.01. The maximum atomic E-state index is 11.3. The number of rotatable bonds is 3. The van der Waals surface area contributed by atoms with E-state index in [2.05, 4.69) is 38.1 Å². The summed E-state index contributed by atoms with van der Waals surface area (Å²) in [4.78, 5) is 10.9. The lowest BCUT2D eigenvalue weighted by Crippen LogP contribution is -2.33. The normalized spacial score (nSPS) is 19.5. The molecule has 3 aromatic rings. The molecule has 150 valence electrons. The van der Waals surface area contributed by atoms with Gasteiger partial charge in [-0.15, -0.1) is 0 Å². The fourth-order valence-electron chi connectivity index (χ4n) is 4.26. The maximum Gasteiger partial charge on any atom is 0.269 e. The second-order valence-corrected chi connectivity index (χ2v) is 7.83. The van der Waals surface area contributed by atoms with Crippen LogP contribution in [0.2, 0.25) is 0 Å². The highest BCUT2D eigenvalue weighted by Gasteiger charge is 2.41. The average molecular weight is 399 g/mol. The Balaban J connectivity index is 1.62. The minimum Gasteiger partial charge on any atom is -0.464 e. The van der Waals surface area contributed by atoms with Gasteiger partial charge in [0.15, 0.2) is 0 Å². The maximum absolute atomic E-state index is 11.3. The van der Waals surface area contributed by atoms with Crippen molar-refractivity contribution < 1.29 is 9.66 Å². The van der Waals surface area contributed by atoms with E-state index in [-0.39, 0.29) is 16.7 Å². The molecule has 0 N–H and O–H groups in total. The number of para-hydroxylation sites is 1. The highest BCUT2D eigenvalue weighted by molar-refractivity contribution is 6.03. The van der Waals surface area contributed by atoms with E-state index in [9.17, 15) is 10.1 Å². The van der Waals surface area contributed by atoms with Crippen LogP contribution < -0.4 is 4.74 Å². The number of benzene rings is 3. The number of ether oxygens (including phenoxy) is 1. The van der Waals surface area contributed by atoms with Gasteiger partial charge in [0, 0.05) is 35.2 Å². The average Bonchev–Trinajstić information content (AvgIpc) is 3.20. The van der Waals surface area contributed by atoms with Crippen LogP contribution >= 0.6 is 0 Å². The zero-order valence-electron chi connectivity index (χ0n) is 16.8. The molecule has 0 aliphatic carbocycles. The van der Waals surface area contributed by atoms with Gasteiger partial charge in [0.25, 0.3) is 5.69 Å². The summed E-state index contributed by atoms with van der Waals surface area (Å²) in [6.45, 7) is 4.17. The van der Waals surface area contributed by atoms with Crippen molar-refractivity contribution in [1.82, 2.24) is 5.01 Å². The molecule has 0 saturated heterocycles. The van der Waals surface area contributed by atoms with Gasteiger partial charge >= 0.3 is 0 Å². The Bertz CT molecular complexity index is 1190. The van der Waals surface area contributed by atoms with Crippen molar-refractivity contribution >= 4 is 11.4 Å². The molecule has 30 heavy (non-hydrogen) atoms. The molecule has 0 unspecified atom stereocenters. The van der Waals surface area contributed by atoms with E-state index in [0.29, 0.717) is 0 Å². The number of fused-ring (bicyclic) bond motifs is 3. The predicted molar refractivity (Wildman–Crippen MR) is 115 cm³/mol. The van der Waals surface area contributed by atoms with Crippen molar-refractivity contribution in [3.63, 3.8) is 0 Å². The van der Waals surface area contributed by atoms with Crippen molar-refractivity contribution in [1.29, 1.82) is 0 Å². The lowest BCUT2D eigenvalue weighted by atomic mass is 9.93. The predicted octanol–water partition coefficient (Wildman–Crippen LogP) is 5.45. The molecule has 2 atom stereocenters.